The summed E-state index contributed by atoms with van der Waals surface area (Å²) >= 11 is 20.0. The summed E-state index contributed by atoms with van der Waals surface area (Å²) in [4.78, 5) is 91.9. The fraction of sp³-hybridized carbons (Fsp3) is 0.471. The van der Waals surface area contributed by atoms with Crippen molar-refractivity contribution in [2.75, 3.05) is 155 Å². The van der Waals surface area contributed by atoms with Crippen LogP contribution in [0.2, 0.25) is 15.1 Å². The van der Waals surface area contributed by atoms with E-state index < -0.39 is 40.1 Å². The first-order chi connectivity index (χ1) is 70.6. The minimum absolute atomic E-state index is 0.0818. The Kier molecular flexibility index (Phi) is 31.5. The number of nitrogens with zero attached hydrogens (tertiary/aromatic N) is 20. The molecular formula is C102H121Cl3N24O14S5. The molecule has 8 saturated heterocycles. The zero-order chi connectivity index (χ0) is 105. The molecule has 4 amide bonds. The number of rotatable bonds is 21. The molecule has 12 aromatic rings. The van der Waals surface area contributed by atoms with Gasteiger partial charge in [0.1, 0.15) is 33.8 Å². The number of amides is 4. The smallest absolute Gasteiger partial charge is 0.266 e. The quantitative estimate of drug-likeness (QED) is 0.0485. The average molecular weight is 2170 g/mol. The second kappa shape index (κ2) is 44.2. The molecule has 784 valence electrons. The maximum Gasteiger partial charge on any atom is 0.266 e. The van der Waals surface area contributed by atoms with Crippen molar-refractivity contribution in [1.29, 1.82) is 0 Å². The predicted molar refractivity (Wildman–Crippen MR) is 575 cm³/mol. The molecule has 9 aliphatic rings. The van der Waals surface area contributed by atoms with Crippen LogP contribution in [0.5, 0.6) is 0 Å². The van der Waals surface area contributed by atoms with Gasteiger partial charge in [0.05, 0.1) is 137 Å². The number of fused-ring (bicyclic) bond motifs is 4. The third-order valence-corrected chi connectivity index (χ3v) is 31.7. The number of likely N-dealkylation sites (tertiary alicyclic amines) is 4. The van der Waals surface area contributed by atoms with Crippen molar-refractivity contribution in [3.05, 3.63) is 197 Å². The van der Waals surface area contributed by atoms with Gasteiger partial charge in [-0.25, -0.2) is 62.6 Å². The Morgan fingerprint density at radius 2 is 0.865 bits per heavy atom. The van der Waals surface area contributed by atoms with Crippen molar-refractivity contribution in [2.45, 2.75) is 180 Å². The van der Waals surface area contributed by atoms with E-state index in [2.05, 4.69) is 89.2 Å². The molecule has 38 nitrogen and oxygen atoms in total. The molecule has 1 aliphatic carbocycles. The molecule has 17 heterocycles. The SMILES string of the molecule is C#C[C@@H]1CCN(c2ccn3nc([C@@H]4CCCCN4C(=O)c4cc(Cl)ccc4NS(C)(=O)=O)cc3n2)C1.CC#Cc1cc(N2CCOCC2)n2nc([C@@H]3CCCCN3C(=O)c3cc(Cl)ccc3NS(C)(=O)=O)cc2n1.CC1CN(c2cc(N3C[C@@H](C)O[C@@H](C)C3)n3nc([C@@H]4CCCCN4C(=O)c4cc(Cl)ccc4NS(C)(=O)=O)cc3n2)C1.Cc1cc(NS(C)(=O)=O)c(C(=O)N2CCCC[C@H]2c2cc3nc(C4CC4)cc(C)n3n2)s1. The van der Waals surface area contributed by atoms with Crippen LogP contribution in [-0.4, -0.2) is 264 Å². The highest BCUT2D eigenvalue weighted by molar-refractivity contribution is 7.92. The summed E-state index contributed by atoms with van der Waals surface area (Å²) < 4.78 is 124. The summed E-state index contributed by atoms with van der Waals surface area (Å²) in [5.74, 6) is 12.8. The van der Waals surface area contributed by atoms with Gasteiger partial charge >= 0.3 is 0 Å². The number of benzene rings is 3. The monoisotopic (exact) mass is 2170 g/mol. The van der Waals surface area contributed by atoms with Crippen LogP contribution >= 0.6 is 46.1 Å². The molecule has 4 N–H and O–H groups in total. The van der Waals surface area contributed by atoms with Crippen LogP contribution in [0.3, 0.4) is 0 Å². The highest BCUT2D eigenvalue weighted by Crippen LogP contribution is 2.45. The van der Waals surface area contributed by atoms with Gasteiger partial charge in [-0.1, -0.05) is 47.6 Å². The Labute approximate surface area is 880 Å². The van der Waals surface area contributed by atoms with E-state index in [-0.39, 0.29) is 99.7 Å². The van der Waals surface area contributed by atoms with Gasteiger partial charge in [-0.3, -0.25) is 38.1 Å². The predicted octanol–water partition coefficient (Wildman–Crippen LogP) is 15.1. The van der Waals surface area contributed by atoms with Crippen molar-refractivity contribution in [3.63, 3.8) is 0 Å². The minimum atomic E-state index is -3.60. The Morgan fingerprint density at radius 3 is 1.32 bits per heavy atom. The number of morpholine rings is 2. The van der Waals surface area contributed by atoms with E-state index in [4.69, 9.17) is 91.0 Å². The van der Waals surface area contributed by atoms with Crippen LogP contribution in [0.4, 0.5) is 46.0 Å². The topological polar surface area (TPSA) is 418 Å². The maximum atomic E-state index is 14.0. The fourth-order valence-electron chi connectivity index (χ4n) is 20.8. The number of nitrogens with one attached hydrogen (secondary N) is 4. The van der Waals surface area contributed by atoms with Crippen LogP contribution in [0.25, 0.3) is 22.6 Å². The molecule has 21 rings (SSSR count). The molecule has 1 saturated carbocycles. The number of piperidine rings is 4. The number of aromatic nitrogens is 12. The molecule has 0 radical (unpaired) electrons. The number of ether oxygens (including phenoxy) is 2. The first kappa shape index (κ1) is 106. The lowest BCUT2D eigenvalue weighted by Crippen LogP contribution is -2.47. The molecular weight excluding hydrogens is 2050 g/mol. The third kappa shape index (κ3) is 24.8. The number of sulfonamides is 4. The molecule has 3 aromatic carbocycles. The van der Waals surface area contributed by atoms with Gasteiger partial charge in [0.15, 0.2) is 22.6 Å². The summed E-state index contributed by atoms with van der Waals surface area (Å²) in [5.41, 5.74) is 10.4. The molecule has 8 aliphatic heterocycles. The number of aryl methyl sites for hydroxylation is 2. The largest absolute Gasteiger partial charge is 0.378 e. The van der Waals surface area contributed by atoms with Crippen molar-refractivity contribution in [3.8, 4) is 24.2 Å². The lowest BCUT2D eigenvalue weighted by atomic mass is 9.98. The number of carbonyl (C=O) groups is 4. The second-order valence-electron chi connectivity index (χ2n) is 39.7. The van der Waals surface area contributed by atoms with Gasteiger partial charge in [-0.15, -0.1) is 23.7 Å². The highest BCUT2D eigenvalue weighted by atomic mass is 35.5. The Hall–Kier alpha value is -12.2. The molecule has 148 heavy (non-hydrogen) atoms. The van der Waals surface area contributed by atoms with Crippen molar-refractivity contribution >= 4 is 178 Å². The van der Waals surface area contributed by atoms with Crippen LogP contribution < -0.4 is 38.5 Å². The molecule has 9 aromatic heterocycles. The summed E-state index contributed by atoms with van der Waals surface area (Å²) in [6, 6.07) is 30.4. The van der Waals surface area contributed by atoms with E-state index in [1.54, 1.807) is 50.4 Å². The second-order valence-corrected chi connectivity index (χ2v) is 49.3. The lowest BCUT2D eigenvalue weighted by molar-refractivity contribution is -0.00560. The Morgan fingerprint density at radius 1 is 0.426 bits per heavy atom. The summed E-state index contributed by atoms with van der Waals surface area (Å²) in [6.07, 6.45) is 25.5. The van der Waals surface area contributed by atoms with Crippen molar-refractivity contribution < 1.29 is 62.3 Å². The van der Waals surface area contributed by atoms with Crippen LogP contribution in [-0.2, 0) is 49.6 Å². The number of hydrogen-bond acceptors (Lipinski definition) is 27. The normalized spacial score (nSPS) is 20.6. The van der Waals surface area contributed by atoms with E-state index in [0.717, 1.165) is 234 Å². The van der Waals surface area contributed by atoms with Gasteiger partial charge in [-0.05, 0) is 216 Å². The van der Waals surface area contributed by atoms with E-state index in [1.165, 1.54) is 60.6 Å². The van der Waals surface area contributed by atoms with Crippen LogP contribution in [0.1, 0.15) is 240 Å². The van der Waals surface area contributed by atoms with Gasteiger partial charge < -0.3 is 48.7 Å². The van der Waals surface area contributed by atoms with E-state index in [1.807, 2.05) is 74.9 Å². The van der Waals surface area contributed by atoms with Gasteiger partial charge in [0.2, 0.25) is 40.1 Å². The van der Waals surface area contributed by atoms with E-state index >= 15 is 0 Å². The zero-order valence-electron chi connectivity index (χ0n) is 84.1. The standard InChI is InChI=1S/C29H38ClN7O4S.C26H29ClN6O4S.C25H27ClN6O3S.C22H27N5O3S2/c1-18-14-34(15-18)26-13-28(35-16-19(2)41-20(3)17-35)37-27(31-26)12-24(32-37)25-7-5-6-10-36(25)29(38)22-11-21(30)8-9-23(22)33-42(4,39)40;1-3-6-19-16-25(31-11-13-37-14-12-31)33-24(28-19)17-22(29-33)23-7-4-5-10-32(23)26(34)20-15-18(27)8-9-21(20)30-38(2,35)36;1-3-17-9-12-30(16-17)23-10-13-32-24(27-23)15-21(28-32)22-6-4-5-11-31(22)25(33)19-14-18(26)7-8-20(19)29-36(2,34)35;1-13-10-16(15-7-8-15)23-20-12-17(24-27(13)20)19-6-4-5-9-26(19)22(28)21-18(11-14(2)31-21)25-32(3,29)30/h8-9,11-13,18-20,25,33H,5-7,10,14-17H2,1-4H3;8-9,15-17,23,30H,4-5,7,10-14H2,1-2H3;1,7-8,10,13-15,17,22,29H,4-6,9,11-12,16H2,2H3;10-12,15,19,25H,4-9H2,1-3H3/t19-,20+,25-;23-;17-,22+;19-/m0010/s1. The number of anilines is 8. The minimum Gasteiger partial charge on any atom is -0.378 e. The number of terminal acetylenes is 1. The third-order valence-electron chi connectivity index (χ3n) is 27.6. The van der Waals surface area contributed by atoms with Crippen molar-refractivity contribution in [1.82, 2.24) is 78.0 Å². The Balaban J connectivity index is 0.000000130. The lowest BCUT2D eigenvalue weighted by Gasteiger charge is -2.40. The van der Waals surface area contributed by atoms with E-state index in [0.29, 0.717) is 93.8 Å². The van der Waals surface area contributed by atoms with Crippen molar-refractivity contribution in [2.24, 2.45) is 11.8 Å². The molecule has 7 atom stereocenters. The highest BCUT2D eigenvalue weighted by Gasteiger charge is 2.41. The molecule has 0 bridgehead atoms. The first-order valence-electron chi connectivity index (χ1n) is 49.9. The number of thiophene rings is 1. The number of hydrogen-bond donors (Lipinski definition) is 4. The molecule has 46 heteroatoms. The summed E-state index contributed by atoms with van der Waals surface area (Å²) in [7, 11) is -14.3. The van der Waals surface area contributed by atoms with Crippen LogP contribution in [0, 0.1) is 49.9 Å². The average Bonchev–Trinajstić information content (AvgIpc) is 1.58. The number of carbonyl (C=O) groups excluding carboxylic acids is 4. The van der Waals surface area contributed by atoms with Gasteiger partial charge in [-0.2, -0.15) is 29.4 Å². The summed E-state index contributed by atoms with van der Waals surface area (Å²) in [5, 5.41) is 20.6. The Bertz CT molecular complexity index is 7690. The molecule has 0 unspecified atom stereocenters. The zero-order valence-corrected chi connectivity index (χ0v) is 90.4. The van der Waals surface area contributed by atoms with Gasteiger partial charge in [0, 0.05) is 164 Å². The maximum absolute atomic E-state index is 14.0. The number of halogens is 3. The fourth-order valence-corrected chi connectivity index (χ4v) is 24.6. The molecule has 9 fully saturated rings. The van der Waals surface area contributed by atoms with Crippen LogP contribution in [0.15, 0.2) is 115 Å². The van der Waals surface area contributed by atoms with Gasteiger partial charge in [0.25, 0.3) is 23.6 Å². The summed E-state index contributed by atoms with van der Waals surface area (Å²) in [6.45, 7) is 22.1. The van der Waals surface area contributed by atoms with E-state index in [9.17, 15) is 52.8 Å². The first-order valence-corrected chi connectivity index (χ1v) is 59.4. The molecule has 0 spiro atoms.